The molecule has 0 aliphatic carbocycles. The normalized spacial score (nSPS) is 11.4. The maximum absolute atomic E-state index is 5.70. The number of ether oxygens (including phenoxy) is 1. The van der Waals surface area contributed by atoms with Crippen LogP contribution in [0.4, 0.5) is 5.69 Å². The average molecular weight is 491 g/mol. The summed E-state index contributed by atoms with van der Waals surface area (Å²) in [6, 6.07) is 3.84. The van der Waals surface area contributed by atoms with Gasteiger partial charge in [0.15, 0.2) is 0 Å². The van der Waals surface area contributed by atoms with Crippen LogP contribution in [0, 0.1) is 0 Å². The van der Waals surface area contributed by atoms with Crippen molar-refractivity contribution in [1.29, 1.82) is 0 Å². The first-order valence-electron chi connectivity index (χ1n) is 11.9. The van der Waals surface area contributed by atoms with E-state index in [4.69, 9.17) is 10.5 Å². The average Bonchev–Trinajstić information content (AvgIpc) is 3.54. The number of pyridine rings is 2. The van der Waals surface area contributed by atoms with Crippen molar-refractivity contribution in [3.8, 4) is 28.3 Å². The standard InChI is InChI=1S/C25H34N10O/c1-34(10-6-26)16-18-12-30-32-24(18)20-14-27-7-4-22(20)29-9-11-35(2)17-19-13-31-33-25(19)21-15-28-8-5-23(21)36-3/h4-5,7-8,12-15H,6,9-11,16-17,26H2,1-3H3,(H,27,29)(H,30,32)(H,31,33). The number of anilines is 1. The van der Waals surface area contributed by atoms with Crippen LogP contribution in [0.5, 0.6) is 5.75 Å². The van der Waals surface area contributed by atoms with E-state index in [1.807, 2.05) is 30.7 Å². The number of nitrogens with two attached hydrogens (primary N) is 1. The third-order valence-corrected chi connectivity index (χ3v) is 6.00. The van der Waals surface area contributed by atoms with Crippen LogP contribution >= 0.6 is 0 Å². The molecule has 0 aliphatic heterocycles. The molecule has 5 N–H and O–H groups in total. The van der Waals surface area contributed by atoms with Crippen LogP contribution in [0.1, 0.15) is 11.1 Å². The highest BCUT2D eigenvalue weighted by Crippen LogP contribution is 2.30. The van der Waals surface area contributed by atoms with E-state index in [0.717, 1.165) is 77.8 Å². The largest absolute Gasteiger partial charge is 0.496 e. The SMILES string of the molecule is COc1ccncc1-c1[nH]ncc1CN(C)CCNc1ccncc1-c1[nH]ncc1CN(C)CCN. The molecule has 4 aromatic heterocycles. The molecule has 0 aliphatic rings. The van der Waals surface area contributed by atoms with Gasteiger partial charge in [0.05, 0.1) is 36.5 Å². The molecule has 0 saturated heterocycles. The first-order valence-corrected chi connectivity index (χ1v) is 11.9. The van der Waals surface area contributed by atoms with Gasteiger partial charge in [-0.25, -0.2) is 0 Å². The van der Waals surface area contributed by atoms with E-state index < -0.39 is 0 Å². The van der Waals surface area contributed by atoms with E-state index in [1.54, 1.807) is 25.7 Å². The second-order valence-electron chi connectivity index (χ2n) is 8.73. The minimum absolute atomic E-state index is 0.618. The Balaban J connectivity index is 1.39. The predicted molar refractivity (Wildman–Crippen MR) is 140 cm³/mol. The molecule has 0 radical (unpaired) electrons. The predicted octanol–water partition coefficient (Wildman–Crippen LogP) is 2.20. The van der Waals surface area contributed by atoms with E-state index in [-0.39, 0.29) is 0 Å². The van der Waals surface area contributed by atoms with Gasteiger partial charge in [-0.05, 0) is 26.2 Å². The Kier molecular flexibility index (Phi) is 8.61. The number of nitrogens with zero attached hydrogens (tertiary/aromatic N) is 6. The number of rotatable bonds is 13. The maximum atomic E-state index is 5.70. The van der Waals surface area contributed by atoms with Crippen LogP contribution < -0.4 is 15.8 Å². The van der Waals surface area contributed by atoms with Crippen molar-refractivity contribution >= 4 is 5.69 Å². The Morgan fingerprint density at radius 2 is 1.47 bits per heavy atom. The molecule has 0 atom stereocenters. The minimum Gasteiger partial charge on any atom is -0.496 e. The van der Waals surface area contributed by atoms with Crippen LogP contribution in [0.25, 0.3) is 22.5 Å². The third-order valence-electron chi connectivity index (χ3n) is 6.00. The Morgan fingerprint density at radius 1 is 0.861 bits per heavy atom. The highest BCUT2D eigenvalue weighted by atomic mass is 16.5. The highest BCUT2D eigenvalue weighted by molar-refractivity contribution is 5.76. The second-order valence-corrected chi connectivity index (χ2v) is 8.73. The molecule has 0 spiro atoms. The summed E-state index contributed by atoms with van der Waals surface area (Å²) in [7, 11) is 5.80. The van der Waals surface area contributed by atoms with Gasteiger partial charge in [0.2, 0.25) is 0 Å². The fourth-order valence-electron chi connectivity index (χ4n) is 4.17. The number of methoxy groups -OCH3 is 1. The van der Waals surface area contributed by atoms with Gasteiger partial charge in [-0.1, -0.05) is 0 Å². The zero-order valence-electron chi connectivity index (χ0n) is 21.0. The molecule has 11 nitrogen and oxygen atoms in total. The summed E-state index contributed by atoms with van der Waals surface area (Å²) >= 11 is 0. The number of nitrogens with one attached hydrogen (secondary N) is 3. The van der Waals surface area contributed by atoms with E-state index in [0.29, 0.717) is 6.54 Å². The highest BCUT2D eigenvalue weighted by Gasteiger charge is 2.16. The van der Waals surface area contributed by atoms with Crippen LogP contribution in [-0.2, 0) is 13.1 Å². The second kappa shape index (κ2) is 12.2. The molecule has 0 fully saturated rings. The lowest BCUT2D eigenvalue weighted by Gasteiger charge is -2.19. The van der Waals surface area contributed by atoms with Crippen molar-refractivity contribution in [1.82, 2.24) is 40.2 Å². The molecule has 0 saturated carbocycles. The number of aromatic amines is 2. The van der Waals surface area contributed by atoms with E-state index in [9.17, 15) is 0 Å². The lowest BCUT2D eigenvalue weighted by atomic mass is 10.1. The zero-order valence-corrected chi connectivity index (χ0v) is 21.0. The summed E-state index contributed by atoms with van der Waals surface area (Å²) < 4.78 is 5.49. The fourth-order valence-corrected chi connectivity index (χ4v) is 4.17. The zero-order chi connectivity index (χ0) is 25.3. The van der Waals surface area contributed by atoms with Gasteiger partial charge in [0, 0.05) is 86.4 Å². The van der Waals surface area contributed by atoms with Gasteiger partial charge in [-0.15, -0.1) is 0 Å². The van der Waals surface area contributed by atoms with Gasteiger partial charge in [-0.2, -0.15) is 10.2 Å². The summed E-state index contributed by atoms with van der Waals surface area (Å²) in [4.78, 5) is 13.0. The molecule has 0 amide bonds. The number of hydrogen-bond acceptors (Lipinski definition) is 9. The Hall–Kier alpha value is -3.80. The Labute approximate surface area is 211 Å². The number of hydrogen-bond donors (Lipinski definition) is 4. The smallest absolute Gasteiger partial charge is 0.131 e. The van der Waals surface area contributed by atoms with E-state index >= 15 is 0 Å². The van der Waals surface area contributed by atoms with Crippen LogP contribution in [-0.4, -0.2) is 87.5 Å². The topological polar surface area (TPSA) is 137 Å². The minimum atomic E-state index is 0.618. The fraction of sp³-hybridized carbons (Fsp3) is 0.360. The van der Waals surface area contributed by atoms with E-state index in [2.05, 4.69) is 59.6 Å². The first kappa shape index (κ1) is 25.3. The van der Waals surface area contributed by atoms with Crippen LogP contribution in [0.3, 0.4) is 0 Å². The summed E-state index contributed by atoms with van der Waals surface area (Å²) in [5, 5.41) is 18.3. The van der Waals surface area contributed by atoms with Gasteiger partial charge < -0.3 is 25.6 Å². The molecule has 0 aromatic carbocycles. The molecular formula is C25H34N10O. The third kappa shape index (κ3) is 6.06. The quantitative estimate of drug-likeness (QED) is 0.222. The van der Waals surface area contributed by atoms with Gasteiger partial charge in [0.1, 0.15) is 5.75 Å². The summed E-state index contributed by atoms with van der Waals surface area (Å²) in [6.07, 6.45) is 10.9. The molecule has 36 heavy (non-hydrogen) atoms. The molecule has 190 valence electrons. The lowest BCUT2D eigenvalue weighted by Crippen LogP contribution is -2.25. The van der Waals surface area contributed by atoms with Crippen molar-refractivity contribution in [2.24, 2.45) is 5.73 Å². The molecule has 4 aromatic rings. The first-order chi connectivity index (χ1) is 17.6. The number of likely N-dealkylation sites (N-methyl/N-ethyl adjacent to an activating group) is 2. The molecular weight excluding hydrogens is 456 g/mol. The number of aromatic nitrogens is 6. The Bertz CT molecular complexity index is 1240. The Morgan fingerprint density at radius 3 is 2.14 bits per heavy atom. The van der Waals surface area contributed by atoms with Gasteiger partial charge in [0.25, 0.3) is 0 Å². The summed E-state index contributed by atoms with van der Waals surface area (Å²) in [5.41, 5.74) is 12.7. The maximum Gasteiger partial charge on any atom is 0.131 e. The molecule has 0 unspecified atom stereocenters. The lowest BCUT2D eigenvalue weighted by molar-refractivity contribution is 0.337. The van der Waals surface area contributed by atoms with Crippen molar-refractivity contribution in [3.05, 3.63) is 60.4 Å². The van der Waals surface area contributed by atoms with E-state index in [1.165, 1.54) is 0 Å². The number of H-pyrrole nitrogens is 2. The van der Waals surface area contributed by atoms with Crippen LogP contribution in [0.2, 0.25) is 0 Å². The van der Waals surface area contributed by atoms with Crippen molar-refractivity contribution in [2.75, 3.05) is 52.7 Å². The molecule has 4 rings (SSSR count). The molecule has 0 bridgehead atoms. The van der Waals surface area contributed by atoms with Crippen LogP contribution in [0.15, 0.2) is 49.3 Å². The molecule has 4 heterocycles. The summed E-state index contributed by atoms with van der Waals surface area (Å²) in [6.45, 7) is 4.51. The summed E-state index contributed by atoms with van der Waals surface area (Å²) in [5.74, 6) is 0.762. The van der Waals surface area contributed by atoms with Gasteiger partial charge >= 0.3 is 0 Å². The van der Waals surface area contributed by atoms with Crippen molar-refractivity contribution in [3.63, 3.8) is 0 Å². The van der Waals surface area contributed by atoms with Gasteiger partial charge in [-0.3, -0.25) is 20.2 Å². The van der Waals surface area contributed by atoms with Crippen molar-refractivity contribution < 1.29 is 4.74 Å². The molecule has 11 heteroatoms. The monoisotopic (exact) mass is 490 g/mol. The van der Waals surface area contributed by atoms with Crippen molar-refractivity contribution in [2.45, 2.75) is 13.1 Å².